The van der Waals surface area contributed by atoms with Crippen molar-refractivity contribution in [3.8, 4) is 22.5 Å². The van der Waals surface area contributed by atoms with Gasteiger partial charge in [-0.3, -0.25) is 4.40 Å². The van der Waals surface area contributed by atoms with Gasteiger partial charge in [0, 0.05) is 23.6 Å². The number of aromatic nitrogens is 2. The van der Waals surface area contributed by atoms with Crippen molar-refractivity contribution in [3.63, 3.8) is 0 Å². The second-order valence-electron chi connectivity index (χ2n) is 6.16. The van der Waals surface area contributed by atoms with E-state index in [0.717, 1.165) is 23.1 Å². The van der Waals surface area contributed by atoms with Gasteiger partial charge in [0.05, 0.1) is 21.3 Å². The zero-order valence-electron chi connectivity index (χ0n) is 14.2. The standard InChI is InChI=1S/C20H14ClFN2O2S/c1-27(25,26)16-10-6-13(7-11-16)18-19(14-4-8-15(22)9-5-14)24-12-2-3-17(21)20(24)23-18/h2-12H,1H3. The Morgan fingerprint density at radius 1 is 0.963 bits per heavy atom. The molecule has 4 rings (SSSR count). The summed E-state index contributed by atoms with van der Waals surface area (Å²) in [6.45, 7) is 0. The first-order chi connectivity index (χ1) is 12.8. The largest absolute Gasteiger partial charge is 0.298 e. The molecule has 27 heavy (non-hydrogen) atoms. The molecule has 7 heteroatoms. The van der Waals surface area contributed by atoms with E-state index in [0.29, 0.717) is 16.4 Å². The minimum Gasteiger partial charge on any atom is -0.298 e. The zero-order chi connectivity index (χ0) is 19.2. The van der Waals surface area contributed by atoms with Gasteiger partial charge in [0.15, 0.2) is 15.5 Å². The summed E-state index contributed by atoms with van der Waals surface area (Å²) in [6.07, 6.45) is 3.00. The van der Waals surface area contributed by atoms with Crippen molar-refractivity contribution >= 4 is 27.1 Å². The molecular formula is C20H14ClFN2O2S. The number of imidazole rings is 1. The van der Waals surface area contributed by atoms with Crippen LogP contribution in [0.5, 0.6) is 0 Å². The lowest BCUT2D eigenvalue weighted by molar-refractivity contribution is 0.602. The Labute approximate surface area is 160 Å². The topological polar surface area (TPSA) is 51.4 Å². The SMILES string of the molecule is CS(=O)(=O)c1ccc(-c2nc3c(Cl)cccn3c2-c2ccc(F)cc2)cc1. The third-order valence-corrected chi connectivity index (χ3v) is 5.70. The lowest BCUT2D eigenvalue weighted by Crippen LogP contribution is -1.96. The number of nitrogens with zero attached hydrogens (tertiary/aromatic N) is 2. The van der Waals surface area contributed by atoms with E-state index >= 15 is 0 Å². The van der Waals surface area contributed by atoms with Crippen molar-refractivity contribution in [1.82, 2.24) is 9.38 Å². The van der Waals surface area contributed by atoms with Crippen LogP contribution >= 0.6 is 11.6 Å². The molecule has 4 nitrogen and oxygen atoms in total. The van der Waals surface area contributed by atoms with Crippen LogP contribution in [0, 0.1) is 5.82 Å². The summed E-state index contributed by atoms with van der Waals surface area (Å²) in [6, 6.07) is 16.2. The van der Waals surface area contributed by atoms with E-state index in [2.05, 4.69) is 4.98 Å². The molecule has 0 aliphatic carbocycles. The van der Waals surface area contributed by atoms with E-state index in [1.807, 2.05) is 10.6 Å². The lowest BCUT2D eigenvalue weighted by Gasteiger charge is -2.07. The predicted octanol–water partition coefficient (Wildman–Crippen LogP) is 4.86. The Morgan fingerprint density at radius 3 is 2.22 bits per heavy atom. The van der Waals surface area contributed by atoms with Gasteiger partial charge in [0.25, 0.3) is 0 Å². The molecule has 0 aliphatic rings. The van der Waals surface area contributed by atoms with Gasteiger partial charge >= 0.3 is 0 Å². The summed E-state index contributed by atoms with van der Waals surface area (Å²) in [4.78, 5) is 4.89. The van der Waals surface area contributed by atoms with Gasteiger partial charge in [-0.05, 0) is 48.5 Å². The molecule has 0 amide bonds. The molecule has 0 unspecified atom stereocenters. The first-order valence-corrected chi connectivity index (χ1v) is 10.3. The molecule has 2 aromatic carbocycles. The van der Waals surface area contributed by atoms with Gasteiger partial charge in [-0.2, -0.15) is 0 Å². The number of rotatable bonds is 3. The Hall–Kier alpha value is -2.70. The van der Waals surface area contributed by atoms with Crippen molar-refractivity contribution in [2.45, 2.75) is 4.90 Å². The first-order valence-electron chi connectivity index (χ1n) is 8.07. The van der Waals surface area contributed by atoms with Crippen LogP contribution in [-0.2, 0) is 9.84 Å². The molecule has 4 aromatic rings. The number of halogens is 2. The van der Waals surface area contributed by atoms with Crippen LogP contribution in [0.4, 0.5) is 4.39 Å². The van der Waals surface area contributed by atoms with Gasteiger partial charge in [0.2, 0.25) is 0 Å². The van der Waals surface area contributed by atoms with E-state index in [4.69, 9.17) is 11.6 Å². The number of sulfone groups is 1. The molecule has 2 heterocycles. The average Bonchev–Trinajstić information content (AvgIpc) is 3.03. The van der Waals surface area contributed by atoms with Crippen LogP contribution in [0.1, 0.15) is 0 Å². The molecule has 136 valence electrons. The van der Waals surface area contributed by atoms with Crippen molar-refractivity contribution in [3.05, 3.63) is 77.7 Å². The van der Waals surface area contributed by atoms with Crippen molar-refractivity contribution < 1.29 is 12.8 Å². The summed E-state index contributed by atoms with van der Waals surface area (Å²) >= 11 is 6.30. The van der Waals surface area contributed by atoms with E-state index in [1.165, 1.54) is 12.1 Å². The Bertz CT molecular complexity index is 1250. The number of fused-ring (bicyclic) bond motifs is 1. The zero-order valence-corrected chi connectivity index (χ0v) is 15.8. The van der Waals surface area contributed by atoms with Crippen LogP contribution in [-0.4, -0.2) is 24.1 Å². The Morgan fingerprint density at radius 2 is 1.59 bits per heavy atom. The smallest absolute Gasteiger partial charge is 0.175 e. The molecule has 0 radical (unpaired) electrons. The monoisotopic (exact) mass is 400 g/mol. The minimum absolute atomic E-state index is 0.233. The van der Waals surface area contributed by atoms with Crippen LogP contribution in [0.3, 0.4) is 0 Å². The quantitative estimate of drug-likeness (QED) is 0.493. The minimum atomic E-state index is -3.29. The fourth-order valence-corrected chi connectivity index (χ4v) is 3.82. The fraction of sp³-hybridized carbons (Fsp3) is 0.0500. The molecule has 0 spiro atoms. The van der Waals surface area contributed by atoms with Crippen LogP contribution in [0.15, 0.2) is 71.8 Å². The molecule has 0 atom stereocenters. The highest BCUT2D eigenvalue weighted by Crippen LogP contribution is 2.35. The van der Waals surface area contributed by atoms with Gasteiger partial charge < -0.3 is 0 Å². The molecule has 0 saturated carbocycles. The van der Waals surface area contributed by atoms with Crippen LogP contribution < -0.4 is 0 Å². The van der Waals surface area contributed by atoms with Crippen LogP contribution in [0.2, 0.25) is 5.02 Å². The Kier molecular flexibility index (Phi) is 4.25. The third-order valence-electron chi connectivity index (χ3n) is 4.28. The molecule has 0 fully saturated rings. The molecule has 0 bridgehead atoms. The number of hydrogen-bond acceptors (Lipinski definition) is 3. The van der Waals surface area contributed by atoms with Gasteiger partial charge in [-0.25, -0.2) is 17.8 Å². The summed E-state index contributed by atoms with van der Waals surface area (Å²) in [5.41, 5.74) is 3.46. The van der Waals surface area contributed by atoms with Crippen LogP contribution in [0.25, 0.3) is 28.2 Å². The average molecular weight is 401 g/mol. The lowest BCUT2D eigenvalue weighted by atomic mass is 10.0. The maximum Gasteiger partial charge on any atom is 0.175 e. The molecule has 2 aromatic heterocycles. The maximum atomic E-state index is 13.4. The molecule has 0 N–H and O–H groups in total. The second-order valence-corrected chi connectivity index (χ2v) is 8.59. The van der Waals surface area contributed by atoms with Gasteiger partial charge in [-0.1, -0.05) is 23.7 Å². The third kappa shape index (κ3) is 3.22. The summed E-state index contributed by atoms with van der Waals surface area (Å²) in [5.74, 6) is -0.329. The summed E-state index contributed by atoms with van der Waals surface area (Å²) < 4.78 is 38.7. The highest BCUT2D eigenvalue weighted by Gasteiger charge is 2.18. The van der Waals surface area contributed by atoms with Gasteiger partial charge in [-0.15, -0.1) is 0 Å². The van der Waals surface area contributed by atoms with Crippen molar-refractivity contribution in [2.75, 3.05) is 6.26 Å². The number of benzene rings is 2. The summed E-state index contributed by atoms with van der Waals surface area (Å²) in [5, 5.41) is 0.486. The molecule has 0 saturated heterocycles. The van der Waals surface area contributed by atoms with Crippen molar-refractivity contribution in [2.24, 2.45) is 0 Å². The Balaban J connectivity index is 1.98. The first kappa shape index (κ1) is 17.7. The van der Waals surface area contributed by atoms with Gasteiger partial charge in [0.1, 0.15) is 5.82 Å². The number of hydrogen-bond donors (Lipinski definition) is 0. The molecule has 0 aliphatic heterocycles. The highest BCUT2D eigenvalue weighted by atomic mass is 35.5. The predicted molar refractivity (Wildman–Crippen MR) is 104 cm³/mol. The second kappa shape index (κ2) is 6.48. The van der Waals surface area contributed by atoms with E-state index in [1.54, 1.807) is 48.5 Å². The molecular weight excluding hydrogens is 387 g/mol. The number of pyridine rings is 1. The van der Waals surface area contributed by atoms with E-state index < -0.39 is 9.84 Å². The maximum absolute atomic E-state index is 13.4. The fourth-order valence-electron chi connectivity index (χ4n) is 2.98. The van der Waals surface area contributed by atoms with E-state index in [9.17, 15) is 12.8 Å². The van der Waals surface area contributed by atoms with Crippen molar-refractivity contribution in [1.29, 1.82) is 0 Å². The van der Waals surface area contributed by atoms with E-state index in [-0.39, 0.29) is 10.7 Å². The normalized spacial score (nSPS) is 11.8. The highest BCUT2D eigenvalue weighted by molar-refractivity contribution is 7.90. The summed E-state index contributed by atoms with van der Waals surface area (Å²) in [7, 11) is -3.29.